The van der Waals surface area contributed by atoms with Crippen molar-refractivity contribution in [1.82, 2.24) is 0 Å². The third-order valence-corrected chi connectivity index (χ3v) is 1.52. The number of hydrogen-bond acceptors (Lipinski definition) is 3. The Bertz CT molecular complexity index is 178. The molecule has 0 saturated heterocycles. The Hall–Kier alpha value is -0.990. The van der Waals surface area contributed by atoms with Crippen LogP contribution in [0.3, 0.4) is 0 Å². The van der Waals surface area contributed by atoms with Crippen molar-refractivity contribution >= 4 is 5.97 Å². The molecule has 1 aliphatic rings. The van der Waals surface area contributed by atoms with Gasteiger partial charge in [-0.3, -0.25) is 4.79 Å². The Balaban J connectivity index is 2.38. The van der Waals surface area contributed by atoms with Crippen molar-refractivity contribution in [3.8, 4) is 0 Å². The van der Waals surface area contributed by atoms with Gasteiger partial charge in [0.15, 0.2) is 0 Å². The van der Waals surface area contributed by atoms with Crippen molar-refractivity contribution in [2.75, 3.05) is 7.11 Å². The van der Waals surface area contributed by atoms with Crippen molar-refractivity contribution in [2.45, 2.75) is 19.3 Å². The van der Waals surface area contributed by atoms with Crippen LogP contribution in [0.1, 0.15) is 19.3 Å². The molecule has 2 N–H and O–H groups in total. The minimum Gasteiger partial charge on any atom is -0.469 e. The third kappa shape index (κ3) is 1.76. The van der Waals surface area contributed by atoms with Crippen molar-refractivity contribution in [1.29, 1.82) is 0 Å². The summed E-state index contributed by atoms with van der Waals surface area (Å²) in [6.07, 6.45) is 2.37. The molecule has 0 aromatic rings. The fourth-order valence-electron chi connectivity index (χ4n) is 0.736. The number of rotatable bonds is 2. The van der Waals surface area contributed by atoms with Gasteiger partial charge in [0.05, 0.1) is 13.5 Å². The third-order valence-electron chi connectivity index (χ3n) is 1.52. The summed E-state index contributed by atoms with van der Waals surface area (Å²) in [6, 6.07) is 0. The molecule has 10 heavy (non-hydrogen) atoms. The Morgan fingerprint density at radius 1 is 1.70 bits per heavy atom. The first-order chi connectivity index (χ1) is 4.74. The summed E-state index contributed by atoms with van der Waals surface area (Å²) in [5, 5.41) is 0. The van der Waals surface area contributed by atoms with Gasteiger partial charge in [-0.25, -0.2) is 0 Å². The molecule has 1 fully saturated rings. The van der Waals surface area contributed by atoms with E-state index < -0.39 is 0 Å². The molecule has 1 saturated carbocycles. The average molecular weight is 141 g/mol. The molecule has 0 unspecified atom stereocenters. The molecule has 0 atom stereocenters. The van der Waals surface area contributed by atoms with Crippen molar-refractivity contribution < 1.29 is 9.53 Å². The smallest absolute Gasteiger partial charge is 0.311 e. The van der Waals surface area contributed by atoms with Gasteiger partial charge >= 0.3 is 5.97 Å². The molecule has 0 aromatic carbocycles. The van der Waals surface area contributed by atoms with E-state index in [2.05, 4.69) is 4.74 Å². The van der Waals surface area contributed by atoms with Crippen LogP contribution in [0.25, 0.3) is 0 Å². The van der Waals surface area contributed by atoms with Gasteiger partial charge in [0, 0.05) is 5.70 Å². The predicted molar refractivity (Wildman–Crippen MR) is 37.1 cm³/mol. The maximum absolute atomic E-state index is 10.6. The standard InChI is InChI=1S/C7H11NO2/c1-10-7(9)4-6(8)5-2-3-5/h2-4,8H2,1H3. The minimum atomic E-state index is -0.253. The molecule has 0 heterocycles. The highest BCUT2D eigenvalue weighted by molar-refractivity contribution is 5.72. The number of allylic oxidation sites excluding steroid dienone is 1. The molecule has 0 amide bonds. The Morgan fingerprint density at radius 3 is 2.70 bits per heavy atom. The topological polar surface area (TPSA) is 52.3 Å². The van der Waals surface area contributed by atoms with Gasteiger partial charge < -0.3 is 10.5 Å². The number of esters is 1. The first-order valence-corrected chi connectivity index (χ1v) is 3.27. The predicted octanol–water partition coefficient (Wildman–Crippen LogP) is 0.556. The van der Waals surface area contributed by atoms with Gasteiger partial charge in [0.1, 0.15) is 0 Å². The van der Waals surface area contributed by atoms with Crippen LogP contribution in [0.4, 0.5) is 0 Å². The maximum atomic E-state index is 10.6. The lowest BCUT2D eigenvalue weighted by Gasteiger charge is -1.97. The summed E-state index contributed by atoms with van der Waals surface area (Å²) in [4.78, 5) is 10.6. The second-order valence-electron chi connectivity index (χ2n) is 2.38. The highest BCUT2D eigenvalue weighted by Crippen LogP contribution is 2.30. The van der Waals surface area contributed by atoms with Crippen LogP contribution >= 0.6 is 0 Å². The van der Waals surface area contributed by atoms with Gasteiger partial charge in [-0.1, -0.05) is 5.57 Å². The fourth-order valence-corrected chi connectivity index (χ4v) is 0.736. The van der Waals surface area contributed by atoms with E-state index in [1.165, 1.54) is 12.7 Å². The molecule has 0 aliphatic heterocycles. The lowest BCUT2D eigenvalue weighted by molar-refractivity contribution is -0.139. The van der Waals surface area contributed by atoms with E-state index in [0.29, 0.717) is 5.70 Å². The van der Waals surface area contributed by atoms with Crippen molar-refractivity contribution in [3.63, 3.8) is 0 Å². The minimum absolute atomic E-state index is 0.253. The normalized spacial score (nSPS) is 14.7. The molecular formula is C7H11NO2. The summed E-state index contributed by atoms with van der Waals surface area (Å²) in [7, 11) is 1.37. The van der Waals surface area contributed by atoms with E-state index in [4.69, 9.17) is 5.73 Å². The molecule has 1 rings (SSSR count). The average Bonchev–Trinajstić information content (AvgIpc) is 2.68. The van der Waals surface area contributed by atoms with Crippen LogP contribution in [0.2, 0.25) is 0 Å². The number of methoxy groups -OCH3 is 1. The zero-order chi connectivity index (χ0) is 7.56. The zero-order valence-electron chi connectivity index (χ0n) is 6.02. The second-order valence-corrected chi connectivity index (χ2v) is 2.38. The van der Waals surface area contributed by atoms with Gasteiger partial charge in [-0.2, -0.15) is 0 Å². The van der Waals surface area contributed by atoms with Crippen molar-refractivity contribution in [2.24, 2.45) is 5.73 Å². The number of carbonyl (C=O) groups excluding carboxylic acids is 1. The van der Waals surface area contributed by atoms with E-state index in [1.807, 2.05) is 0 Å². The number of ether oxygens (including phenoxy) is 1. The lowest BCUT2D eigenvalue weighted by Crippen LogP contribution is -2.07. The van der Waals surface area contributed by atoms with E-state index in [1.54, 1.807) is 0 Å². The number of carbonyl (C=O) groups is 1. The molecule has 0 spiro atoms. The summed E-state index contributed by atoms with van der Waals surface area (Å²) in [5.41, 5.74) is 7.45. The summed E-state index contributed by atoms with van der Waals surface area (Å²) in [5.74, 6) is -0.253. The zero-order valence-corrected chi connectivity index (χ0v) is 6.02. The first kappa shape index (κ1) is 7.12. The monoisotopic (exact) mass is 141 g/mol. The van der Waals surface area contributed by atoms with Crippen molar-refractivity contribution in [3.05, 3.63) is 11.3 Å². The number of hydrogen-bond donors (Lipinski definition) is 1. The highest BCUT2D eigenvalue weighted by Gasteiger charge is 2.17. The van der Waals surface area contributed by atoms with E-state index in [0.717, 1.165) is 12.8 Å². The van der Waals surface area contributed by atoms with Crippen LogP contribution in [0.15, 0.2) is 11.3 Å². The molecular weight excluding hydrogens is 130 g/mol. The highest BCUT2D eigenvalue weighted by atomic mass is 16.5. The maximum Gasteiger partial charge on any atom is 0.311 e. The van der Waals surface area contributed by atoms with Crippen LogP contribution < -0.4 is 5.73 Å². The fraction of sp³-hybridized carbons (Fsp3) is 0.571. The van der Waals surface area contributed by atoms with Gasteiger partial charge in [-0.05, 0) is 12.8 Å². The Morgan fingerprint density at radius 2 is 2.30 bits per heavy atom. The number of nitrogens with two attached hydrogens (primary N) is 1. The largest absolute Gasteiger partial charge is 0.469 e. The molecule has 0 radical (unpaired) electrons. The molecule has 3 heteroatoms. The van der Waals surface area contributed by atoms with E-state index >= 15 is 0 Å². The van der Waals surface area contributed by atoms with Crippen LogP contribution in [-0.4, -0.2) is 13.1 Å². The van der Waals surface area contributed by atoms with E-state index in [-0.39, 0.29) is 12.4 Å². The van der Waals surface area contributed by atoms with E-state index in [9.17, 15) is 4.79 Å². The first-order valence-electron chi connectivity index (χ1n) is 3.27. The second kappa shape index (κ2) is 2.73. The quantitative estimate of drug-likeness (QED) is 0.571. The summed E-state index contributed by atoms with van der Waals surface area (Å²) < 4.78 is 4.45. The molecule has 56 valence electrons. The van der Waals surface area contributed by atoms with Gasteiger partial charge in [0.25, 0.3) is 0 Å². The van der Waals surface area contributed by atoms with Crippen LogP contribution in [0.5, 0.6) is 0 Å². The Labute approximate surface area is 59.8 Å². The Kier molecular flexibility index (Phi) is 1.94. The molecule has 0 aromatic heterocycles. The molecule has 1 aliphatic carbocycles. The molecule has 0 bridgehead atoms. The summed E-state index contributed by atoms with van der Waals surface area (Å²) >= 11 is 0. The van der Waals surface area contributed by atoms with Crippen LogP contribution in [-0.2, 0) is 9.53 Å². The van der Waals surface area contributed by atoms with Gasteiger partial charge in [-0.15, -0.1) is 0 Å². The van der Waals surface area contributed by atoms with Crippen LogP contribution in [0, 0.1) is 0 Å². The SMILES string of the molecule is COC(=O)CC(N)=C1CC1. The van der Waals surface area contributed by atoms with Gasteiger partial charge in [0.2, 0.25) is 0 Å². The molecule has 3 nitrogen and oxygen atoms in total. The summed E-state index contributed by atoms with van der Waals surface area (Å²) in [6.45, 7) is 0. The lowest BCUT2D eigenvalue weighted by atomic mass is 10.3.